The summed E-state index contributed by atoms with van der Waals surface area (Å²) in [6.07, 6.45) is 1.40. The molecule has 0 bridgehead atoms. The first-order chi connectivity index (χ1) is 17.8. The van der Waals surface area contributed by atoms with Gasteiger partial charge in [-0.15, -0.1) is 0 Å². The van der Waals surface area contributed by atoms with Gasteiger partial charge in [0.25, 0.3) is 11.8 Å². The molecule has 1 fully saturated rings. The maximum absolute atomic E-state index is 13.2. The van der Waals surface area contributed by atoms with Gasteiger partial charge in [0.15, 0.2) is 11.5 Å². The minimum atomic E-state index is -0.827. The van der Waals surface area contributed by atoms with Crippen LogP contribution in [0, 0.1) is 0 Å². The number of imide groups is 2. The van der Waals surface area contributed by atoms with Crippen LogP contribution in [-0.4, -0.2) is 31.6 Å². The van der Waals surface area contributed by atoms with Gasteiger partial charge in [-0.2, -0.15) is 0 Å². The van der Waals surface area contributed by atoms with Crippen LogP contribution in [0.5, 0.6) is 17.2 Å². The number of carbonyl (C=O) groups excluding carboxylic acids is 3. The van der Waals surface area contributed by atoms with Crippen LogP contribution in [0.3, 0.4) is 0 Å². The van der Waals surface area contributed by atoms with E-state index in [1.54, 1.807) is 36.4 Å². The molecule has 1 aliphatic rings. The molecule has 1 aliphatic heterocycles. The number of benzene rings is 3. The summed E-state index contributed by atoms with van der Waals surface area (Å²) in [6, 6.07) is 16.7. The first-order valence-corrected chi connectivity index (χ1v) is 12.8. The predicted octanol–water partition coefficient (Wildman–Crippen LogP) is 5.86. The second kappa shape index (κ2) is 11.6. The zero-order valence-electron chi connectivity index (χ0n) is 19.9. The van der Waals surface area contributed by atoms with Crippen molar-refractivity contribution in [3.05, 3.63) is 86.3 Å². The summed E-state index contributed by atoms with van der Waals surface area (Å²) in [6.45, 7) is 2.65. The first kappa shape index (κ1) is 26.4. The van der Waals surface area contributed by atoms with Gasteiger partial charge >= 0.3 is 6.03 Å². The topological polar surface area (TPSA) is 94.2 Å². The molecule has 1 saturated heterocycles. The van der Waals surface area contributed by atoms with E-state index in [0.717, 1.165) is 14.9 Å². The lowest BCUT2D eigenvalue weighted by molar-refractivity contribution is -0.122. The molecule has 4 rings (SSSR count). The number of hydrogen-bond donors (Lipinski definition) is 1. The van der Waals surface area contributed by atoms with E-state index in [0.29, 0.717) is 46.2 Å². The van der Waals surface area contributed by atoms with Gasteiger partial charge in [-0.25, -0.2) is 9.69 Å². The van der Waals surface area contributed by atoms with Crippen molar-refractivity contribution in [2.45, 2.75) is 13.5 Å². The summed E-state index contributed by atoms with van der Waals surface area (Å²) in [5.74, 6) is -0.0617. The molecule has 1 N–H and O–H groups in total. The number of nitrogens with one attached hydrogen (secondary N) is 1. The average Bonchev–Trinajstić information content (AvgIpc) is 2.87. The minimum Gasteiger partial charge on any atom is -0.494 e. The highest BCUT2D eigenvalue weighted by atomic mass is 79.9. The second-order valence-electron chi connectivity index (χ2n) is 7.83. The number of urea groups is 1. The van der Waals surface area contributed by atoms with E-state index in [4.69, 9.17) is 14.2 Å². The van der Waals surface area contributed by atoms with E-state index in [9.17, 15) is 14.4 Å². The smallest absolute Gasteiger partial charge is 0.335 e. The Kier molecular flexibility index (Phi) is 8.30. The fourth-order valence-corrected chi connectivity index (χ4v) is 4.45. The van der Waals surface area contributed by atoms with Crippen LogP contribution in [0.15, 0.2) is 75.2 Å². The quantitative estimate of drug-likeness (QED) is 0.248. The van der Waals surface area contributed by atoms with Crippen molar-refractivity contribution in [2.24, 2.45) is 0 Å². The number of barbiturate groups is 1. The fourth-order valence-electron chi connectivity index (χ4n) is 3.62. The SMILES string of the molecule is CCOc1ccc(N2C(=O)NC(=O)/C(=C/c3cc(Br)c(OCc4ccc(Br)cc4)c(OC)c3)C2=O)cc1. The van der Waals surface area contributed by atoms with Gasteiger partial charge in [0.1, 0.15) is 17.9 Å². The summed E-state index contributed by atoms with van der Waals surface area (Å²) >= 11 is 6.90. The van der Waals surface area contributed by atoms with Gasteiger partial charge in [0.05, 0.1) is 23.9 Å². The first-order valence-electron chi connectivity index (χ1n) is 11.2. The third-order valence-electron chi connectivity index (χ3n) is 5.37. The number of rotatable bonds is 8. The lowest BCUT2D eigenvalue weighted by atomic mass is 10.1. The van der Waals surface area contributed by atoms with Crippen LogP contribution in [-0.2, 0) is 16.2 Å². The van der Waals surface area contributed by atoms with Gasteiger partial charge in [0.2, 0.25) is 0 Å². The van der Waals surface area contributed by atoms with Crippen molar-refractivity contribution >= 4 is 61.5 Å². The molecule has 37 heavy (non-hydrogen) atoms. The maximum Gasteiger partial charge on any atom is 0.335 e. The van der Waals surface area contributed by atoms with Crippen molar-refractivity contribution < 1.29 is 28.6 Å². The molecule has 190 valence electrons. The van der Waals surface area contributed by atoms with E-state index in [-0.39, 0.29) is 5.57 Å². The molecule has 8 nitrogen and oxygen atoms in total. The molecule has 0 aromatic heterocycles. The van der Waals surface area contributed by atoms with Gasteiger partial charge in [0, 0.05) is 4.47 Å². The van der Waals surface area contributed by atoms with E-state index >= 15 is 0 Å². The molecule has 3 aromatic carbocycles. The molecule has 0 radical (unpaired) electrons. The molecule has 0 saturated carbocycles. The van der Waals surface area contributed by atoms with Crippen molar-refractivity contribution in [3.63, 3.8) is 0 Å². The molecule has 1 heterocycles. The number of amides is 4. The Hall–Kier alpha value is -3.63. The Morgan fingerprint density at radius 2 is 1.65 bits per heavy atom. The number of anilines is 1. The summed E-state index contributed by atoms with van der Waals surface area (Å²) in [5.41, 5.74) is 1.57. The Balaban J connectivity index is 1.61. The zero-order chi connectivity index (χ0) is 26.5. The van der Waals surface area contributed by atoms with E-state index < -0.39 is 17.8 Å². The molecule has 0 aliphatic carbocycles. The lowest BCUT2D eigenvalue weighted by Gasteiger charge is -2.26. The van der Waals surface area contributed by atoms with Crippen LogP contribution in [0.25, 0.3) is 6.08 Å². The highest BCUT2D eigenvalue weighted by Crippen LogP contribution is 2.38. The van der Waals surface area contributed by atoms with Gasteiger partial charge < -0.3 is 14.2 Å². The predicted molar refractivity (Wildman–Crippen MR) is 146 cm³/mol. The Labute approximate surface area is 230 Å². The molecular weight excluding hydrogens is 608 g/mol. The van der Waals surface area contributed by atoms with Gasteiger partial charge in [-0.3, -0.25) is 14.9 Å². The Bertz CT molecular complexity index is 1370. The number of methoxy groups -OCH3 is 1. The molecular formula is C27H22Br2N2O6. The Morgan fingerprint density at radius 3 is 2.30 bits per heavy atom. The molecule has 10 heteroatoms. The van der Waals surface area contributed by atoms with E-state index in [2.05, 4.69) is 37.2 Å². The zero-order valence-corrected chi connectivity index (χ0v) is 23.1. The van der Waals surface area contributed by atoms with E-state index in [1.807, 2.05) is 31.2 Å². The summed E-state index contributed by atoms with van der Waals surface area (Å²) in [7, 11) is 1.50. The summed E-state index contributed by atoms with van der Waals surface area (Å²) in [5, 5.41) is 2.22. The van der Waals surface area contributed by atoms with Crippen LogP contribution in [0.4, 0.5) is 10.5 Å². The Morgan fingerprint density at radius 1 is 0.946 bits per heavy atom. The average molecular weight is 630 g/mol. The molecule has 0 spiro atoms. The third-order valence-corrected chi connectivity index (χ3v) is 6.48. The standard InChI is InChI=1S/C27H22Br2N2O6/c1-3-36-20-10-8-19(9-11-20)31-26(33)21(25(32)30-27(31)34)12-17-13-22(29)24(23(14-17)35-2)37-15-16-4-6-18(28)7-5-16/h4-14H,3,15H2,1-2H3,(H,30,32,34)/b21-12-. The highest BCUT2D eigenvalue weighted by molar-refractivity contribution is 9.10. The normalized spacial score (nSPS) is 14.5. The van der Waals surface area contributed by atoms with E-state index in [1.165, 1.54) is 13.2 Å². The fraction of sp³-hybridized carbons (Fsp3) is 0.148. The summed E-state index contributed by atoms with van der Waals surface area (Å²) < 4.78 is 18.4. The second-order valence-corrected chi connectivity index (χ2v) is 9.60. The largest absolute Gasteiger partial charge is 0.494 e. The highest BCUT2D eigenvalue weighted by Gasteiger charge is 2.37. The molecule has 4 amide bonds. The monoisotopic (exact) mass is 628 g/mol. The van der Waals surface area contributed by atoms with Crippen molar-refractivity contribution in [3.8, 4) is 17.2 Å². The molecule has 0 atom stereocenters. The number of halogens is 2. The van der Waals surface area contributed by atoms with Crippen molar-refractivity contribution in [1.82, 2.24) is 5.32 Å². The number of carbonyl (C=O) groups is 3. The van der Waals surface area contributed by atoms with Gasteiger partial charge in [-0.05, 0) is 88.6 Å². The van der Waals surface area contributed by atoms with Crippen molar-refractivity contribution in [2.75, 3.05) is 18.6 Å². The molecule has 3 aromatic rings. The lowest BCUT2D eigenvalue weighted by Crippen LogP contribution is -2.54. The van der Waals surface area contributed by atoms with Crippen LogP contribution < -0.4 is 24.4 Å². The van der Waals surface area contributed by atoms with Crippen LogP contribution in [0.1, 0.15) is 18.1 Å². The van der Waals surface area contributed by atoms with Crippen LogP contribution in [0.2, 0.25) is 0 Å². The number of ether oxygens (including phenoxy) is 3. The number of hydrogen-bond acceptors (Lipinski definition) is 6. The number of nitrogens with zero attached hydrogens (tertiary/aromatic N) is 1. The third kappa shape index (κ3) is 6.03. The maximum atomic E-state index is 13.2. The minimum absolute atomic E-state index is 0.203. The van der Waals surface area contributed by atoms with Gasteiger partial charge in [-0.1, -0.05) is 28.1 Å². The molecule has 0 unspecified atom stereocenters. The van der Waals surface area contributed by atoms with Crippen LogP contribution >= 0.6 is 31.9 Å². The van der Waals surface area contributed by atoms with Crippen molar-refractivity contribution in [1.29, 1.82) is 0 Å². The summed E-state index contributed by atoms with van der Waals surface area (Å²) in [4.78, 5) is 39.2.